The zero-order valence-corrected chi connectivity index (χ0v) is 8.22. The molecule has 2 rings (SSSR count). The molecular weight excluding hydrogens is 192 g/mol. The minimum Gasteiger partial charge on any atom is -0.486 e. The minimum atomic E-state index is 0.0257. The van der Waals surface area contributed by atoms with Crippen molar-refractivity contribution in [2.45, 2.75) is 13.2 Å². The van der Waals surface area contributed by atoms with Crippen LogP contribution in [0.25, 0.3) is 0 Å². The average molecular weight is 204 g/mol. The second-order valence-corrected chi connectivity index (χ2v) is 3.17. The van der Waals surface area contributed by atoms with Gasteiger partial charge >= 0.3 is 0 Å². The van der Waals surface area contributed by atoms with E-state index in [-0.39, 0.29) is 6.61 Å². The largest absolute Gasteiger partial charge is 0.486 e. The molecule has 0 fully saturated rings. The van der Waals surface area contributed by atoms with Gasteiger partial charge in [0.15, 0.2) is 0 Å². The van der Waals surface area contributed by atoms with Crippen molar-refractivity contribution >= 4 is 0 Å². The van der Waals surface area contributed by atoms with Crippen LogP contribution in [-0.2, 0) is 13.2 Å². The zero-order valence-electron chi connectivity index (χ0n) is 8.22. The number of benzene rings is 1. The molecule has 0 radical (unpaired) electrons. The van der Waals surface area contributed by atoms with E-state index >= 15 is 0 Å². The molecule has 0 atom stereocenters. The highest BCUT2D eigenvalue weighted by molar-refractivity contribution is 5.28. The summed E-state index contributed by atoms with van der Waals surface area (Å²) in [4.78, 5) is 0. The van der Waals surface area contributed by atoms with Gasteiger partial charge in [-0.2, -0.15) is 0 Å². The van der Waals surface area contributed by atoms with Crippen LogP contribution in [0.15, 0.2) is 47.1 Å². The first-order chi connectivity index (χ1) is 7.38. The predicted octanol–water partition coefficient (Wildman–Crippen LogP) is 2.35. The second kappa shape index (κ2) is 4.66. The first kappa shape index (κ1) is 9.80. The Balaban J connectivity index is 1.98. The van der Waals surface area contributed by atoms with Crippen LogP contribution in [0, 0.1) is 0 Å². The van der Waals surface area contributed by atoms with E-state index in [0.717, 1.165) is 17.1 Å². The van der Waals surface area contributed by atoms with E-state index < -0.39 is 0 Å². The summed E-state index contributed by atoms with van der Waals surface area (Å²) in [5, 5.41) is 8.94. The quantitative estimate of drug-likeness (QED) is 0.831. The highest BCUT2D eigenvalue weighted by Crippen LogP contribution is 2.15. The number of aliphatic hydroxyl groups is 1. The predicted molar refractivity (Wildman–Crippen MR) is 55.4 cm³/mol. The van der Waals surface area contributed by atoms with Gasteiger partial charge in [0.2, 0.25) is 0 Å². The molecule has 0 amide bonds. The smallest absolute Gasteiger partial charge is 0.146 e. The second-order valence-electron chi connectivity index (χ2n) is 3.17. The summed E-state index contributed by atoms with van der Waals surface area (Å²) in [6.45, 7) is 0.430. The topological polar surface area (TPSA) is 42.6 Å². The standard InChI is InChI=1S/C12H12O3/c13-8-10-3-1-4-11(7-10)15-9-12-5-2-6-14-12/h1-7,13H,8-9H2. The summed E-state index contributed by atoms with van der Waals surface area (Å²) in [5.41, 5.74) is 0.840. The Labute approximate surface area is 87.9 Å². The highest BCUT2D eigenvalue weighted by atomic mass is 16.5. The van der Waals surface area contributed by atoms with Crippen LogP contribution in [0.2, 0.25) is 0 Å². The van der Waals surface area contributed by atoms with Crippen LogP contribution < -0.4 is 4.74 Å². The lowest BCUT2D eigenvalue weighted by molar-refractivity contribution is 0.265. The molecule has 1 aromatic heterocycles. The number of hydrogen-bond acceptors (Lipinski definition) is 3. The van der Waals surface area contributed by atoms with Gasteiger partial charge in [0.1, 0.15) is 18.1 Å². The van der Waals surface area contributed by atoms with E-state index in [4.69, 9.17) is 14.3 Å². The van der Waals surface area contributed by atoms with E-state index in [1.165, 1.54) is 0 Å². The van der Waals surface area contributed by atoms with Gasteiger partial charge in [-0.3, -0.25) is 0 Å². The summed E-state index contributed by atoms with van der Waals surface area (Å²) < 4.78 is 10.6. The van der Waals surface area contributed by atoms with Crippen molar-refractivity contribution in [2.75, 3.05) is 0 Å². The van der Waals surface area contributed by atoms with Crippen LogP contribution in [0.3, 0.4) is 0 Å². The maximum absolute atomic E-state index is 8.94. The molecule has 0 aliphatic rings. The number of aliphatic hydroxyl groups excluding tert-OH is 1. The first-order valence-corrected chi connectivity index (χ1v) is 4.73. The fraction of sp³-hybridized carbons (Fsp3) is 0.167. The maximum atomic E-state index is 8.94. The molecule has 0 saturated carbocycles. The van der Waals surface area contributed by atoms with Crippen molar-refractivity contribution in [1.29, 1.82) is 0 Å². The van der Waals surface area contributed by atoms with Gasteiger partial charge in [-0.1, -0.05) is 12.1 Å². The molecular formula is C12H12O3. The van der Waals surface area contributed by atoms with Gasteiger partial charge in [0, 0.05) is 0 Å². The molecule has 15 heavy (non-hydrogen) atoms. The normalized spacial score (nSPS) is 10.2. The van der Waals surface area contributed by atoms with Gasteiger partial charge < -0.3 is 14.3 Å². The Bertz CT molecular complexity index is 407. The fourth-order valence-corrected chi connectivity index (χ4v) is 1.28. The Morgan fingerprint density at radius 3 is 2.87 bits per heavy atom. The fourth-order valence-electron chi connectivity index (χ4n) is 1.28. The number of furan rings is 1. The lowest BCUT2D eigenvalue weighted by atomic mass is 10.2. The summed E-state index contributed by atoms with van der Waals surface area (Å²) in [7, 11) is 0. The van der Waals surface area contributed by atoms with Crippen LogP contribution in [-0.4, -0.2) is 5.11 Å². The highest BCUT2D eigenvalue weighted by Gasteiger charge is 1.98. The van der Waals surface area contributed by atoms with Crippen LogP contribution >= 0.6 is 0 Å². The molecule has 0 aliphatic heterocycles. The van der Waals surface area contributed by atoms with Crippen molar-refractivity contribution in [1.82, 2.24) is 0 Å². The molecule has 0 saturated heterocycles. The van der Waals surface area contributed by atoms with E-state index in [2.05, 4.69) is 0 Å². The minimum absolute atomic E-state index is 0.0257. The third-order valence-electron chi connectivity index (χ3n) is 2.04. The molecule has 0 spiro atoms. The molecule has 0 aliphatic carbocycles. The SMILES string of the molecule is OCc1cccc(OCc2ccco2)c1. The average Bonchev–Trinajstić information content (AvgIpc) is 2.79. The molecule has 2 aromatic rings. The van der Waals surface area contributed by atoms with E-state index in [0.29, 0.717) is 6.61 Å². The summed E-state index contributed by atoms with van der Waals surface area (Å²) in [6.07, 6.45) is 1.61. The van der Waals surface area contributed by atoms with Gasteiger partial charge in [-0.25, -0.2) is 0 Å². The molecule has 3 heteroatoms. The first-order valence-electron chi connectivity index (χ1n) is 4.73. The Morgan fingerprint density at radius 2 is 2.13 bits per heavy atom. The van der Waals surface area contributed by atoms with Gasteiger partial charge in [0.05, 0.1) is 12.9 Å². The Morgan fingerprint density at radius 1 is 1.20 bits per heavy atom. The lowest BCUT2D eigenvalue weighted by Gasteiger charge is -2.05. The summed E-state index contributed by atoms with van der Waals surface area (Å²) in [6, 6.07) is 11.0. The van der Waals surface area contributed by atoms with Crippen LogP contribution in [0.5, 0.6) is 5.75 Å². The Hall–Kier alpha value is -1.74. The molecule has 3 nitrogen and oxygen atoms in total. The Kier molecular flexibility index (Phi) is 3.05. The van der Waals surface area contributed by atoms with Gasteiger partial charge in [0.25, 0.3) is 0 Å². The van der Waals surface area contributed by atoms with Crippen molar-refractivity contribution in [2.24, 2.45) is 0 Å². The summed E-state index contributed by atoms with van der Waals surface area (Å²) in [5.74, 6) is 1.52. The zero-order chi connectivity index (χ0) is 10.5. The van der Waals surface area contributed by atoms with Crippen molar-refractivity contribution in [3.63, 3.8) is 0 Å². The van der Waals surface area contributed by atoms with Crippen molar-refractivity contribution < 1.29 is 14.3 Å². The van der Waals surface area contributed by atoms with Gasteiger partial charge in [-0.15, -0.1) is 0 Å². The number of rotatable bonds is 4. The molecule has 1 aromatic carbocycles. The molecule has 0 bridgehead atoms. The number of ether oxygens (including phenoxy) is 1. The monoisotopic (exact) mass is 204 g/mol. The molecule has 1 heterocycles. The third-order valence-corrected chi connectivity index (χ3v) is 2.04. The van der Waals surface area contributed by atoms with E-state index in [9.17, 15) is 0 Å². The van der Waals surface area contributed by atoms with Gasteiger partial charge in [-0.05, 0) is 29.8 Å². The maximum Gasteiger partial charge on any atom is 0.146 e. The van der Waals surface area contributed by atoms with Crippen molar-refractivity contribution in [3.8, 4) is 5.75 Å². The molecule has 78 valence electrons. The molecule has 1 N–H and O–H groups in total. The molecule has 0 unspecified atom stereocenters. The lowest BCUT2D eigenvalue weighted by Crippen LogP contribution is -1.94. The van der Waals surface area contributed by atoms with Crippen LogP contribution in [0.1, 0.15) is 11.3 Å². The van der Waals surface area contributed by atoms with Crippen LogP contribution in [0.4, 0.5) is 0 Å². The number of hydrogen-bond donors (Lipinski definition) is 1. The summed E-state index contributed by atoms with van der Waals surface area (Å²) >= 11 is 0. The van der Waals surface area contributed by atoms with Crippen molar-refractivity contribution in [3.05, 3.63) is 54.0 Å². The van der Waals surface area contributed by atoms with E-state index in [1.54, 1.807) is 6.26 Å². The third kappa shape index (κ3) is 2.60. The van der Waals surface area contributed by atoms with E-state index in [1.807, 2.05) is 36.4 Å².